The van der Waals surface area contributed by atoms with Gasteiger partial charge in [0.1, 0.15) is 6.17 Å². The summed E-state index contributed by atoms with van der Waals surface area (Å²) in [5.41, 5.74) is 7.22. The Kier molecular flexibility index (Phi) is 8.07. The highest BCUT2D eigenvalue weighted by atomic mass is 32.2. The maximum atomic E-state index is 15.1. The fraction of sp³-hybridized carbons (Fsp3) is 0.467. The quantitative estimate of drug-likeness (QED) is 0.401. The molecule has 3 N–H and O–H groups in total. The molecule has 1 aliphatic heterocycles. The second kappa shape index (κ2) is 11.4. The van der Waals surface area contributed by atoms with Crippen LogP contribution in [0.25, 0.3) is 16.9 Å². The lowest BCUT2D eigenvalue weighted by Crippen LogP contribution is -2.52. The third-order valence-electron chi connectivity index (χ3n) is 8.72. The van der Waals surface area contributed by atoms with Crippen LogP contribution in [0.5, 0.6) is 0 Å². The molecule has 2 fully saturated rings. The first-order chi connectivity index (χ1) is 20.0. The molecule has 2 aliphatic rings. The largest absolute Gasteiger partial charge is 0.370 e. The van der Waals surface area contributed by atoms with Crippen LogP contribution >= 0.6 is 0 Å². The van der Waals surface area contributed by atoms with Gasteiger partial charge in [0, 0.05) is 63.9 Å². The SMILES string of the molecule is CC(C)[C@H](C#N)C1(C(N)=O)CC(F)CCC1c1nn(-c2ncccc2F)cc1-c1ccc(N2CCS(=N)(=O)CC2)cc1. The summed E-state index contributed by atoms with van der Waals surface area (Å²) >= 11 is 0. The van der Waals surface area contributed by atoms with Crippen molar-refractivity contribution in [3.63, 3.8) is 0 Å². The van der Waals surface area contributed by atoms with Gasteiger partial charge in [0.15, 0.2) is 11.6 Å². The summed E-state index contributed by atoms with van der Waals surface area (Å²) in [6, 6.07) is 12.6. The second-order valence-electron chi connectivity index (χ2n) is 11.6. The number of nitrogens with one attached hydrogen (secondary N) is 1. The van der Waals surface area contributed by atoms with Gasteiger partial charge in [0.05, 0.1) is 23.1 Å². The van der Waals surface area contributed by atoms with E-state index in [4.69, 9.17) is 15.6 Å². The lowest BCUT2D eigenvalue weighted by Gasteiger charge is -2.46. The standard InChI is InChI=1S/C30H35F2N7O2S/c1-19(2)25(17-33)30(29(34)40)16-21(31)7-10-24(30)27-23(18-39(37-27)28-26(32)4-3-11-36-28)20-5-8-22(9-6-20)38-12-14-42(35,41)15-13-38/h3-6,8-9,11,18-19,21,24-25,35H,7,10,12-16H2,1-2H3,(H2,34,40)/t21?,24?,25-,30?/m0/s1. The molecular weight excluding hydrogens is 560 g/mol. The highest BCUT2D eigenvalue weighted by Crippen LogP contribution is 2.55. The molecule has 0 spiro atoms. The Morgan fingerprint density at radius 2 is 1.90 bits per heavy atom. The average Bonchev–Trinajstić information content (AvgIpc) is 3.38. The van der Waals surface area contributed by atoms with Crippen LogP contribution in [0.4, 0.5) is 14.5 Å². The van der Waals surface area contributed by atoms with Gasteiger partial charge in [-0.2, -0.15) is 10.4 Å². The lowest BCUT2D eigenvalue weighted by atomic mass is 9.55. The Hall–Kier alpha value is -3.85. The molecule has 1 saturated heterocycles. The fourth-order valence-corrected chi connectivity index (χ4v) is 7.82. The number of anilines is 1. The second-order valence-corrected chi connectivity index (χ2v) is 14.1. The molecule has 42 heavy (non-hydrogen) atoms. The predicted molar refractivity (Wildman–Crippen MR) is 157 cm³/mol. The minimum atomic E-state index is -2.53. The van der Waals surface area contributed by atoms with E-state index in [9.17, 15) is 18.7 Å². The number of rotatable bonds is 7. The predicted octanol–water partition coefficient (Wildman–Crippen LogP) is 4.81. The number of carbonyl (C=O) groups is 1. The normalized spacial score (nSPS) is 24.7. The lowest BCUT2D eigenvalue weighted by molar-refractivity contribution is -0.136. The van der Waals surface area contributed by atoms with Crippen LogP contribution in [0.1, 0.15) is 44.7 Å². The molecule has 0 radical (unpaired) electrons. The van der Waals surface area contributed by atoms with E-state index in [-0.39, 0.29) is 31.0 Å². The number of pyridine rings is 1. The zero-order chi connectivity index (χ0) is 30.2. The Balaban J connectivity index is 1.64. The monoisotopic (exact) mass is 595 g/mol. The number of amides is 1. The summed E-state index contributed by atoms with van der Waals surface area (Å²) < 4.78 is 51.2. The first kappa shape index (κ1) is 29.6. The van der Waals surface area contributed by atoms with Crippen LogP contribution in [-0.4, -0.2) is 55.6 Å². The number of aromatic nitrogens is 3. The molecular formula is C30H35F2N7O2S. The highest BCUT2D eigenvalue weighted by molar-refractivity contribution is 7.92. The molecule has 12 heteroatoms. The molecule has 4 atom stereocenters. The molecule has 5 rings (SSSR count). The van der Waals surface area contributed by atoms with E-state index in [1.54, 1.807) is 6.20 Å². The number of hydrogen-bond acceptors (Lipinski definition) is 7. The average molecular weight is 596 g/mol. The number of nitrogens with two attached hydrogens (primary N) is 1. The molecule has 1 amide bonds. The number of hydrogen-bond donors (Lipinski definition) is 2. The number of carbonyl (C=O) groups excluding carboxylic acids is 1. The van der Waals surface area contributed by atoms with Crippen molar-refractivity contribution < 1.29 is 17.8 Å². The maximum absolute atomic E-state index is 15.1. The number of halogens is 2. The first-order valence-corrected chi connectivity index (χ1v) is 16.0. The van der Waals surface area contributed by atoms with E-state index < -0.39 is 44.9 Å². The van der Waals surface area contributed by atoms with Crippen molar-refractivity contribution in [3.05, 3.63) is 60.3 Å². The molecule has 222 valence electrons. The van der Waals surface area contributed by atoms with Gasteiger partial charge in [-0.05, 0) is 55.0 Å². The van der Waals surface area contributed by atoms with Gasteiger partial charge >= 0.3 is 0 Å². The summed E-state index contributed by atoms with van der Waals surface area (Å²) in [6.45, 7) is 4.67. The molecule has 0 bridgehead atoms. The van der Waals surface area contributed by atoms with Gasteiger partial charge in [0.2, 0.25) is 5.91 Å². The summed E-state index contributed by atoms with van der Waals surface area (Å²) in [6.07, 6.45) is 2.02. The van der Waals surface area contributed by atoms with Gasteiger partial charge in [0.25, 0.3) is 0 Å². The van der Waals surface area contributed by atoms with Crippen molar-refractivity contribution in [1.82, 2.24) is 14.8 Å². The van der Waals surface area contributed by atoms with Crippen molar-refractivity contribution in [2.24, 2.45) is 23.0 Å². The molecule has 1 aliphatic carbocycles. The summed E-state index contributed by atoms with van der Waals surface area (Å²) in [4.78, 5) is 19.6. The number of benzene rings is 1. The maximum Gasteiger partial charge on any atom is 0.225 e. The van der Waals surface area contributed by atoms with E-state index in [1.807, 2.05) is 38.1 Å². The van der Waals surface area contributed by atoms with Crippen molar-refractivity contribution >= 4 is 21.3 Å². The smallest absolute Gasteiger partial charge is 0.225 e. The van der Waals surface area contributed by atoms with E-state index in [0.717, 1.165) is 11.3 Å². The Labute approximate surface area is 244 Å². The highest BCUT2D eigenvalue weighted by Gasteiger charge is 2.56. The van der Waals surface area contributed by atoms with Crippen LogP contribution < -0.4 is 10.6 Å². The number of alkyl halides is 1. The van der Waals surface area contributed by atoms with E-state index >= 15 is 4.39 Å². The van der Waals surface area contributed by atoms with Crippen molar-refractivity contribution in [2.75, 3.05) is 29.5 Å². The number of nitrogens with zero attached hydrogens (tertiary/aromatic N) is 5. The molecule has 9 nitrogen and oxygen atoms in total. The fourth-order valence-electron chi connectivity index (χ4n) is 6.59. The van der Waals surface area contributed by atoms with E-state index in [2.05, 4.69) is 16.0 Å². The van der Waals surface area contributed by atoms with Gasteiger partial charge in [-0.25, -0.2) is 22.7 Å². The van der Waals surface area contributed by atoms with Crippen molar-refractivity contribution in [1.29, 1.82) is 10.0 Å². The molecule has 1 saturated carbocycles. The molecule has 3 aromatic rings. The molecule has 3 unspecified atom stereocenters. The number of primary amides is 1. The van der Waals surface area contributed by atoms with Crippen LogP contribution in [0, 0.1) is 39.2 Å². The zero-order valence-corrected chi connectivity index (χ0v) is 24.5. The van der Waals surface area contributed by atoms with Crippen LogP contribution in [0.15, 0.2) is 48.8 Å². The van der Waals surface area contributed by atoms with Crippen molar-refractivity contribution in [2.45, 2.75) is 45.2 Å². The minimum absolute atomic E-state index is 0.0292. The van der Waals surface area contributed by atoms with Gasteiger partial charge < -0.3 is 10.6 Å². The first-order valence-electron chi connectivity index (χ1n) is 14.1. The molecule has 3 heterocycles. The van der Waals surface area contributed by atoms with Gasteiger partial charge in [-0.1, -0.05) is 26.0 Å². The summed E-state index contributed by atoms with van der Waals surface area (Å²) in [7, 11) is -2.53. The Morgan fingerprint density at radius 3 is 2.50 bits per heavy atom. The number of nitriles is 1. The summed E-state index contributed by atoms with van der Waals surface area (Å²) in [5.74, 6) is -2.58. The van der Waals surface area contributed by atoms with E-state index in [0.29, 0.717) is 35.9 Å². The van der Waals surface area contributed by atoms with Gasteiger partial charge in [-0.15, -0.1) is 0 Å². The van der Waals surface area contributed by atoms with Crippen LogP contribution in [-0.2, 0) is 14.5 Å². The van der Waals surface area contributed by atoms with E-state index in [1.165, 1.54) is 23.0 Å². The van der Waals surface area contributed by atoms with Crippen LogP contribution in [0.2, 0.25) is 0 Å². The zero-order valence-electron chi connectivity index (χ0n) is 23.7. The van der Waals surface area contributed by atoms with Gasteiger partial charge in [-0.3, -0.25) is 9.57 Å². The van der Waals surface area contributed by atoms with Crippen molar-refractivity contribution in [3.8, 4) is 23.0 Å². The Morgan fingerprint density at radius 1 is 1.21 bits per heavy atom. The molecule has 1 aromatic carbocycles. The third kappa shape index (κ3) is 5.38. The summed E-state index contributed by atoms with van der Waals surface area (Å²) in [5, 5.41) is 15.0. The topological polar surface area (TPSA) is 142 Å². The minimum Gasteiger partial charge on any atom is -0.370 e. The Bertz CT molecular complexity index is 1600. The van der Waals surface area contributed by atoms with Crippen LogP contribution in [0.3, 0.4) is 0 Å². The molecule has 2 aromatic heterocycles. The third-order valence-corrected chi connectivity index (χ3v) is 10.4.